The van der Waals surface area contributed by atoms with Crippen molar-refractivity contribution < 1.29 is 14.3 Å². The van der Waals surface area contributed by atoms with Crippen LogP contribution in [0.15, 0.2) is 35.6 Å². The number of aromatic nitrogens is 2. The molecule has 2 aromatic rings. The minimum Gasteiger partial charge on any atom is -0.496 e. The molecule has 0 spiro atoms. The number of thioether (sulfide) groups is 1. The highest BCUT2D eigenvalue weighted by atomic mass is 35.5. The summed E-state index contributed by atoms with van der Waals surface area (Å²) in [7, 11) is 1.45. The first-order valence-electron chi connectivity index (χ1n) is 6.37. The quantitative estimate of drug-likeness (QED) is 0.378. The Labute approximate surface area is 141 Å². The first-order valence-corrected chi connectivity index (χ1v) is 7.97. The van der Waals surface area contributed by atoms with Crippen molar-refractivity contribution in [1.29, 1.82) is 0 Å². The molecule has 23 heavy (non-hydrogen) atoms. The first kappa shape index (κ1) is 17.0. The van der Waals surface area contributed by atoms with Crippen molar-refractivity contribution in [3.8, 4) is 5.75 Å². The molecule has 0 aliphatic carbocycles. The largest absolute Gasteiger partial charge is 0.496 e. The number of carbonyl (C=O) groups excluding carboxylic acids is 2. The van der Waals surface area contributed by atoms with Gasteiger partial charge in [0.1, 0.15) is 10.9 Å². The van der Waals surface area contributed by atoms with E-state index in [1.54, 1.807) is 30.5 Å². The van der Waals surface area contributed by atoms with Crippen LogP contribution in [0.5, 0.6) is 5.75 Å². The minimum atomic E-state index is -0.620. The van der Waals surface area contributed by atoms with E-state index in [1.165, 1.54) is 25.1 Å². The van der Waals surface area contributed by atoms with Crippen LogP contribution >= 0.6 is 23.4 Å². The van der Waals surface area contributed by atoms with Gasteiger partial charge in [-0.05, 0) is 18.4 Å². The Morgan fingerprint density at radius 3 is 2.43 bits per heavy atom. The Kier molecular flexibility index (Phi) is 5.78. The molecular weight excluding hydrogens is 340 g/mol. The summed E-state index contributed by atoms with van der Waals surface area (Å²) in [5.74, 6) is -0.746. The molecule has 2 amide bonds. The number of hydrogen-bond donors (Lipinski definition) is 2. The zero-order valence-corrected chi connectivity index (χ0v) is 13.9. The Morgan fingerprint density at radius 1 is 1.17 bits per heavy atom. The van der Waals surface area contributed by atoms with E-state index in [0.717, 1.165) is 0 Å². The molecule has 0 saturated carbocycles. The van der Waals surface area contributed by atoms with E-state index in [-0.39, 0.29) is 16.3 Å². The predicted molar refractivity (Wildman–Crippen MR) is 86.7 cm³/mol. The molecule has 2 N–H and O–H groups in total. The maximum Gasteiger partial charge on any atom is 0.274 e. The van der Waals surface area contributed by atoms with E-state index in [4.69, 9.17) is 16.3 Å². The Hall–Kier alpha value is -2.32. The summed E-state index contributed by atoms with van der Waals surface area (Å²) in [4.78, 5) is 32.0. The van der Waals surface area contributed by atoms with Gasteiger partial charge in [0.15, 0.2) is 5.16 Å². The highest BCUT2D eigenvalue weighted by Crippen LogP contribution is 2.17. The molecule has 1 aromatic heterocycles. The fourth-order valence-corrected chi connectivity index (χ4v) is 2.28. The molecule has 1 heterocycles. The van der Waals surface area contributed by atoms with Crippen LogP contribution in [0.2, 0.25) is 5.15 Å². The second kappa shape index (κ2) is 7.80. The Balaban J connectivity index is 2.05. The molecule has 2 rings (SSSR count). The summed E-state index contributed by atoms with van der Waals surface area (Å²) in [5.41, 5.74) is 4.90. The number of methoxy groups -OCH3 is 1. The van der Waals surface area contributed by atoms with Crippen LogP contribution in [-0.4, -0.2) is 35.1 Å². The van der Waals surface area contributed by atoms with Gasteiger partial charge in [0.2, 0.25) is 0 Å². The lowest BCUT2D eigenvalue weighted by atomic mass is 10.2. The molecule has 0 atom stereocenters. The standard InChI is InChI=1S/C14H13ClN4O3S/c1-22-10-6-4-3-5-8(10)12(20)18-19-13(21)9-7-16-14(23-2)17-11(9)15/h3-7H,1-2H3,(H,18,20)(H,19,21). The topological polar surface area (TPSA) is 93.2 Å². The molecule has 120 valence electrons. The molecule has 7 nitrogen and oxygen atoms in total. The average molecular weight is 353 g/mol. The lowest BCUT2D eigenvalue weighted by molar-refractivity contribution is 0.0844. The van der Waals surface area contributed by atoms with Crippen molar-refractivity contribution in [3.05, 3.63) is 46.7 Å². The lowest BCUT2D eigenvalue weighted by Gasteiger charge is -2.10. The number of ether oxygens (including phenoxy) is 1. The van der Waals surface area contributed by atoms with Gasteiger partial charge < -0.3 is 4.74 Å². The third-order valence-electron chi connectivity index (χ3n) is 2.79. The fraction of sp³-hybridized carbons (Fsp3) is 0.143. The number of halogens is 1. The molecule has 9 heteroatoms. The van der Waals surface area contributed by atoms with Gasteiger partial charge >= 0.3 is 0 Å². The normalized spacial score (nSPS) is 10.0. The molecule has 0 radical (unpaired) electrons. The number of hydrazine groups is 1. The number of para-hydroxylation sites is 1. The zero-order chi connectivity index (χ0) is 16.8. The van der Waals surface area contributed by atoms with Crippen molar-refractivity contribution in [3.63, 3.8) is 0 Å². The van der Waals surface area contributed by atoms with Crippen LogP contribution in [0.3, 0.4) is 0 Å². The maximum atomic E-state index is 12.1. The van der Waals surface area contributed by atoms with Gasteiger partial charge in [0.25, 0.3) is 11.8 Å². The highest BCUT2D eigenvalue weighted by molar-refractivity contribution is 7.98. The van der Waals surface area contributed by atoms with E-state index in [9.17, 15) is 9.59 Å². The van der Waals surface area contributed by atoms with Gasteiger partial charge in [-0.1, -0.05) is 35.5 Å². The summed E-state index contributed by atoms with van der Waals surface area (Å²) in [5, 5.41) is 0.456. The smallest absolute Gasteiger partial charge is 0.274 e. The van der Waals surface area contributed by atoms with Gasteiger partial charge in [0.05, 0.1) is 18.2 Å². The van der Waals surface area contributed by atoms with E-state index in [1.807, 2.05) is 0 Å². The number of hydrogen-bond acceptors (Lipinski definition) is 6. The molecule has 0 fully saturated rings. The van der Waals surface area contributed by atoms with Gasteiger partial charge in [-0.15, -0.1) is 0 Å². The second-order valence-electron chi connectivity index (χ2n) is 4.17. The Bertz CT molecular complexity index is 742. The van der Waals surface area contributed by atoms with E-state index in [0.29, 0.717) is 10.9 Å². The molecule has 0 unspecified atom stereocenters. The van der Waals surface area contributed by atoms with Crippen LogP contribution in [0.4, 0.5) is 0 Å². The molecule has 0 aliphatic heterocycles. The third kappa shape index (κ3) is 4.11. The fourth-order valence-electron chi connectivity index (χ4n) is 1.68. The van der Waals surface area contributed by atoms with Gasteiger partial charge in [-0.25, -0.2) is 9.97 Å². The van der Waals surface area contributed by atoms with Crippen molar-refractivity contribution in [2.75, 3.05) is 13.4 Å². The molecule has 0 saturated heterocycles. The number of carbonyl (C=O) groups is 2. The molecular formula is C14H13ClN4O3S. The molecule has 0 aliphatic rings. The average Bonchev–Trinajstić information content (AvgIpc) is 2.59. The lowest BCUT2D eigenvalue weighted by Crippen LogP contribution is -2.42. The highest BCUT2D eigenvalue weighted by Gasteiger charge is 2.16. The zero-order valence-electron chi connectivity index (χ0n) is 12.3. The van der Waals surface area contributed by atoms with Gasteiger partial charge in [0, 0.05) is 6.20 Å². The van der Waals surface area contributed by atoms with E-state index < -0.39 is 11.8 Å². The maximum absolute atomic E-state index is 12.1. The van der Waals surface area contributed by atoms with Crippen LogP contribution in [0.1, 0.15) is 20.7 Å². The van der Waals surface area contributed by atoms with Crippen LogP contribution in [-0.2, 0) is 0 Å². The van der Waals surface area contributed by atoms with Crippen LogP contribution < -0.4 is 15.6 Å². The van der Waals surface area contributed by atoms with Crippen LogP contribution in [0, 0.1) is 0 Å². The van der Waals surface area contributed by atoms with Crippen molar-refractivity contribution in [2.24, 2.45) is 0 Å². The number of benzene rings is 1. The monoisotopic (exact) mass is 352 g/mol. The van der Waals surface area contributed by atoms with Gasteiger partial charge in [-0.2, -0.15) is 0 Å². The second-order valence-corrected chi connectivity index (χ2v) is 5.30. The summed E-state index contributed by atoms with van der Waals surface area (Å²) in [6, 6.07) is 6.63. The third-order valence-corrected chi connectivity index (χ3v) is 3.64. The number of nitrogens with one attached hydrogen (secondary N) is 2. The van der Waals surface area contributed by atoms with E-state index in [2.05, 4.69) is 20.8 Å². The minimum absolute atomic E-state index is 0.00777. The Morgan fingerprint density at radius 2 is 1.83 bits per heavy atom. The van der Waals surface area contributed by atoms with Gasteiger partial charge in [-0.3, -0.25) is 20.4 Å². The number of rotatable bonds is 4. The summed E-state index contributed by atoms with van der Waals surface area (Å²) >= 11 is 7.23. The van der Waals surface area contributed by atoms with Crippen molar-refractivity contribution in [1.82, 2.24) is 20.8 Å². The van der Waals surface area contributed by atoms with Crippen molar-refractivity contribution >= 4 is 35.2 Å². The van der Waals surface area contributed by atoms with Crippen molar-refractivity contribution in [2.45, 2.75) is 5.16 Å². The summed E-state index contributed by atoms with van der Waals surface area (Å²) in [6.45, 7) is 0. The summed E-state index contributed by atoms with van der Waals surface area (Å²) < 4.78 is 5.09. The van der Waals surface area contributed by atoms with Crippen LogP contribution in [0.25, 0.3) is 0 Å². The first-order chi connectivity index (χ1) is 11.1. The SMILES string of the molecule is COc1ccccc1C(=O)NNC(=O)c1cnc(SC)nc1Cl. The predicted octanol–water partition coefficient (Wildman–Crippen LogP) is 1.94. The van der Waals surface area contributed by atoms with E-state index >= 15 is 0 Å². The summed E-state index contributed by atoms with van der Waals surface area (Å²) in [6.07, 6.45) is 3.09. The molecule has 0 bridgehead atoms. The number of amides is 2. The molecule has 1 aromatic carbocycles. The number of nitrogens with zero attached hydrogens (tertiary/aromatic N) is 2.